The summed E-state index contributed by atoms with van der Waals surface area (Å²) in [6.45, 7) is 0. The standard InChI is InChI=1S/C22H17ClN4O3/c1-24-22(28)19-13-18(10-11-25-19)29-17-8-2-14(3-9-17)12-20-26-21(27-30-20)15-4-6-16(23)7-5-15/h2-11,13H,12H2,1H3,(H,24,28). The van der Waals surface area contributed by atoms with Crippen molar-refractivity contribution in [3.8, 4) is 22.9 Å². The van der Waals surface area contributed by atoms with Gasteiger partial charge in [-0.1, -0.05) is 28.9 Å². The van der Waals surface area contributed by atoms with Crippen molar-refractivity contribution in [2.75, 3.05) is 7.05 Å². The van der Waals surface area contributed by atoms with Crippen LogP contribution in [0.1, 0.15) is 21.9 Å². The Labute approximate surface area is 177 Å². The van der Waals surface area contributed by atoms with Gasteiger partial charge in [0.2, 0.25) is 11.7 Å². The molecule has 2 heterocycles. The van der Waals surface area contributed by atoms with Crippen molar-refractivity contribution in [3.05, 3.63) is 89.0 Å². The molecule has 4 rings (SSSR count). The smallest absolute Gasteiger partial charge is 0.269 e. The van der Waals surface area contributed by atoms with Crippen LogP contribution in [-0.4, -0.2) is 28.1 Å². The largest absolute Gasteiger partial charge is 0.457 e. The van der Waals surface area contributed by atoms with E-state index >= 15 is 0 Å². The van der Waals surface area contributed by atoms with Gasteiger partial charge in [-0.15, -0.1) is 0 Å². The number of hydrogen-bond donors (Lipinski definition) is 1. The number of benzene rings is 2. The van der Waals surface area contributed by atoms with Crippen LogP contribution >= 0.6 is 11.6 Å². The molecular formula is C22H17ClN4O3. The first-order valence-corrected chi connectivity index (χ1v) is 9.52. The molecule has 0 unspecified atom stereocenters. The highest BCUT2D eigenvalue weighted by Gasteiger charge is 2.10. The lowest BCUT2D eigenvalue weighted by atomic mass is 10.1. The van der Waals surface area contributed by atoms with Crippen molar-refractivity contribution in [2.24, 2.45) is 0 Å². The number of halogens is 1. The van der Waals surface area contributed by atoms with Crippen LogP contribution in [0.5, 0.6) is 11.5 Å². The van der Waals surface area contributed by atoms with Crippen molar-refractivity contribution < 1.29 is 14.1 Å². The maximum absolute atomic E-state index is 11.7. The molecule has 0 bridgehead atoms. The normalized spacial score (nSPS) is 10.6. The van der Waals surface area contributed by atoms with Gasteiger partial charge in [-0.05, 0) is 48.0 Å². The van der Waals surface area contributed by atoms with Gasteiger partial charge in [0.25, 0.3) is 5.91 Å². The number of amides is 1. The predicted molar refractivity (Wildman–Crippen MR) is 112 cm³/mol. The predicted octanol–water partition coefficient (Wildman–Crippen LogP) is 4.53. The highest BCUT2D eigenvalue weighted by Crippen LogP contribution is 2.23. The number of carbonyl (C=O) groups excluding carboxylic acids is 1. The minimum absolute atomic E-state index is 0.270. The van der Waals surface area contributed by atoms with Crippen molar-refractivity contribution >= 4 is 17.5 Å². The van der Waals surface area contributed by atoms with Crippen LogP contribution in [0.25, 0.3) is 11.4 Å². The molecule has 8 heteroatoms. The van der Waals surface area contributed by atoms with Gasteiger partial charge in [-0.25, -0.2) is 0 Å². The summed E-state index contributed by atoms with van der Waals surface area (Å²) < 4.78 is 11.2. The average molecular weight is 421 g/mol. The van der Waals surface area contributed by atoms with E-state index in [1.165, 1.54) is 6.20 Å². The summed E-state index contributed by atoms with van der Waals surface area (Å²) in [5.41, 5.74) is 2.13. The van der Waals surface area contributed by atoms with E-state index in [1.54, 1.807) is 31.3 Å². The first kappa shape index (κ1) is 19.6. The SMILES string of the molecule is CNC(=O)c1cc(Oc2ccc(Cc3nc(-c4ccc(Cl)cc4)no3)cc2)ccn1. The molecule has 150 valence electrons. The van der Waals surface area contributed by atoms with E-state index in [2.05, 4.69) is 20.4 Å². The molecule has 0 saturated heterocycles. The molecule has 0 fully saturated rings. The third-order valence-corrected chi connectivity index (χ3v) is 4.53. The van der Waals surface area contributed by atoms with E-state index in [1.807, 2.05) is 36.4 Å². The minimum Gasteiger partial charge on any atom is -0.457 e. The monoisotopic (exact) mass is 420 g/mol. The van der Waals surface area contributed by atoms with Crippen molar-refractivity contribution in [3.63, 3.8) is 0 Å². The molecule has 7 nitrogen and oxygen atoms in total. The third-order valence-electron chi connectivity index (χ3n) is 4.28. The molecule has 0 spiro atoms. The second-order valence-corrected chi connectivity index (χ2v) is 6.83. The van der Waals surface area contributed by atoms with Gasteiger partial charge in [0, 0.05) is 29.9 Å². The lowest BCUT2D eigenvalue weighted by Gasteiger charge is -2.07. The molecule has 0 atom stereocenters. The number of rotatable bonds is 6. The quantitative estimate of drug-likeness (QED) is 0.493. The highest BCUT2D eigenvalue weighted by molar-refractivity contribution is 6.30. The Morgan fingerprint density at radius 1 is 1.07 bits per heavy atom. The first-order valence-electron chi connectivity index (χ1n) is 9.14. The van der Waals surface area contributed by atoms with Crippen LogP contribution in [0.3, 0.4) is 0 Å². The van der Waals surface area contributed by atoms with Crippen LogP contribution < -0.4 is 10.1 Å². The number of hydrogen-bond acceptors (Lipinski definition) is 6. The summed E-state index contributed by atoms with van der Waals surface area (Å²) in [7, 11) is 1.55. The molecule has 0 radical (unpaired) electrons. The molecule has 1 N–H and O–H groups in total. The molecule has 0 aliphatic heterocycles. The Hall–Kier alpha value is -3.71. The summed E-state index contributed by atoms with van der Waals surface area (Å²) >= 11 is 5.91. The lowest BCUT2D eigenvalue weighted by molar-refractivity contribution is 0.0958. The topological polar surface area (TPSA) is 90.1 Å². The fourth-order valence-electron chi connectivity index (χ4n) is 2.76. The van der Waals surface area contributed by atoms with E-state index < -0.39 is 0 Å². The van der Waals surface area contributed by atoms with Gasteiger partial charge >= 0.3 is 0 Å². The fourth-order valence-corrected chi connectivity index (χ4v) is 2.88. The molecular weight excluding hydrogens is 404 g/mol. The zero-order valence-electron chi connectivity index (χ0n) is 16.0. The molecule has 0 aliphatic rings. The zero-order chi connectivity index (χ0) is 20.9. The Bertz CT molecular complexity index is 1160. The number of carbonyl (C=O) groups is 1. The second kappa shape index (κ2) is 8.75. The van der Waals surface area contributed by atoms with Crippen LogP contribution in [-0.2, 0) is 6.42 Å². The minimum atomic E-state index is -0.270. The van der Waals surface area contributed by atoms with Gasteiger partial charge < -0.3 is 14.6 Å². The van der Waals surface area contributed by atoms with Gasteiger partial charge in [-0.3, -0.25) is 9.78 Å². The van der Waals surface area contributed by atoms with E-state index in [4.69, 9.17) is 20.9 Å². The summed E-state index contributed by atoms with van der Waals surface area (Å²) in [6, 6.07) is 18.1. The van der Waals surface area contributed by atoms with E-state index in [-0.39, 0.29) is 5.91 Å². The fraction of sp³-hybridized carbons (Fsp3) is 0.0909. The number of ether oxygens (including phenoxy) is 1. The van der Waals surface area contributed by atoms with Gasteiger partial charge in [0.1, 0.15) is 17.2 Å². The van der Waals surface area contributed by atoms with E-state index in [9.17, 15) is 4.79 Å². The molecule has 0 saturated carbocycles. The summed E-state index contributed by atoms with van der Waals surface area (Å²) in [5, 5.41) is 7.21. The maximum atomic E-state index is 11.7. The van der Waals surface area contributed by atoms with Gasteiger partial charge in [0.05, 0.1) is 6.42 Å². The van der Waals surface area contributed by atoms with Crippen molar-refractivity contribution in [2.45, 2.75) is 6.42 Å². The molecule has 2 aromatic carbocycles. The molecule has 4 aromatic rings. The van der Waals surface area contributed by atoms with Crippen molar-refractivity contribution in [1.29, 1.82) is 0 Å². The number of pyridine rings is 1. The van der Waals surface area contributed by atoms with Crippen molar-refractivity contribution in [1.82, 2.24) is 20.4 Å². The highest BCUT2D eigenvalue weighted by atomic mass is 35.5. The summed E-state index contributed by atoms with van der Waals surface area (Å²) in [6.07, 6.45) is 2.03. The molecule has 1 amide bonds. The Morgan fingerprint density at radius 3 is 2.57 bits per heavy atom. The zero-order valence-corrected chi connectivity index (χ0v) is 16.8. The van der Waals surface area contributed by atoms with Crippen LogP contribution in [0.2, 0.25) is 5.02 Å². The van der Waals surface area contributed by atoms with Crippen LogP contribution in [0, 0.1) is 0 Å². The van der Waals surface area contributed by atoms with Gasteiger partial charge in [0.15, 0.2) is 0 Å². The maximum Gasteiger partial charge on any atom is 0.269 e. The average Bonchev–Trinajstić information content (AvgIpc) is 3.24. The van der Waals surface area contributed by atoms with Crippen LogP contribution in [0.15, 0.2) is 71.4 Å². The van der Waals surface area contributed by atoms with E-state index in [0.717, 1.165) is 11.1 Å². The van der Waals surface area contributed by atoms with Crippen LogP contribution in [0.4, 0.5) is 0 Å². The number of nitrogens with one attached hydrogen (secondary N) is 1. The lowest BCUT2D eigenvalue weighted by Crippen LogP contribution is -2.18. The van der Waals surface area contributed by atoms with E-state index in [0.29, 0.717) is 40.4 Å². The summed E-state index contributed by atoms with van der Waals surface area (Å²) in [5.74, 6) is 1.93. The third kappa shape index (κ3) is 4.64. The Kier molecular flexibility index (Phi) is 5.72. The first-order chi connectivity index (χ1) is 14.6. The number of aromatic nitrogens is 3. The Balaban J connectivity index is 1.42. The molecule has 0 aliphatic carbocycles. The number of nitrogens with zero attached hydrogens (tertiary/aromatic N) is 3. The molecule has 2 aromatic heterocycles. The Morgan fingerprint density at radius 2 is 1.83 bits per heavy atom. The second-order valence-electron chi connectivity index (χ2n) is 6.40. The van der Waals surface area contributed by atoms with Gasteiger partial charge in [-0.2, -0.15) is 4.98 Å². The summed E-state index contributed by atoms with van der Waals surface area (Å²) in [4.78, 5) is 20.1. The molecule has 30 heavy (non-hydrogen) atoms.